The van der Waals surface area contributed by atoms with Crippen LogP contribution in [-0.2, 0) is 13.5 Å². The number of hydrogen-bond acceptors (Lipinski definition) is 2. The lowest BCUT2D eigenvalue weighted by molar-refractivity contribution is 0.823. The van der Waals surface area contributed by atoms with Crippen LogP contribution in [0.4, 0.5) is 5.69 Å². The molecule has 4 N–H and O–H groups in total. The van der Waals surface area contributed by atoms with Crippen molar-refractivity contribution < 1.29 is 0 Å². The predicted molar refractivity (Wildman–Crippen MR) is 67.8 cm³/mol. The highest BCUT2D eigenvalue weighted by molar-refractivity contribution is 9.10. The molecule has 0 aliphatic carbocycles. The predicted octanol–water partition coefficient (Wildman–Crippen LogP) is 2.02. The lowest BCUT2D eigenvalue weighted by atomic mass is 10.2. The van der Waals surface area contributed by atoms with Gasteiger partial charge in [-0.2, -0.15) is 0 Å². The highest BCUT2D eigenvalue weighted by atomic mass is 79.9. The molecule has 0 saturated carbocycles. The molecule has 0 atom stereocenters. The number of rotatable bonds is 2. The molecule has 0 fully saturated rings. The summed E-state index contributed by atoms with van der Waals surface area (Å²) in [6.07, 6.45) is 0.852. The molecule has 0 aliphatic rings. The summed E-state index contributed by atoms with van der Waals surface area (Å²) in [5, 5.41) is 1.15. The molecule has 2 aromatic rings. The first-order valence-corrected chi connectivity index (χ1v) is 5.67. The molecule has 1 aromatic heterocycles. The number of anilines is 1. The third-order valence-corrected chi connectivity index (χ3v) is 3.56. The number of para-hydroxylation sites is 1. The second-order valence-electron chi connectivity index (χ2n) is 3.60. The molecule has 2 rings (SSSR count). The van der Waals surface area contributed by atoms with Crippen molar-refractivity contribution in [1.29, 1.82) is 0 Å². The number of nitrogens with two attached hydrogens (primary N) is 2. The van der Waals surface area contributed by atoms with Gasteiger partial charge >= 0.3 is 0 Å². The Morgan fingerprint density at radius 2 is 2.13 bits per heavy atom. The Hall–Kier alpha value is -1.00. The summed E-state index contributed by atoms with van der Waals surface area (Å²) in [4.78, 5) is 0. The van der Waals surface area contributed by atoms with Crippen molar-refractivity contribution in [2.24, 2.45) is 12.8 Å². The Labute approximate surface area is 97.2 Å². The molecule has 0 amide bonds. The third-order valence-electron chi connectivity index (χ3n) is 2.68. The van der Waals surface area contributed by atoms with E-state index < -0.39 is 0 Å². The van der Waals surface area contributed by atoms with E-state index in [2.05, 4.69) is 26.6 Å². The van der Waals surface area contributed by atoms with E-state index in [1.165, 1.54) is 5.69 Å². The Morgan fingerprint density at radius 1 is 1.40 bits per heavy atom. The smallest absolute Gasteiger partial charge is 0.0725 e. The summed E-state index contributed by atoms with van der Waals surface area (Å²) in [5.74, 6) is 0. The molecule has 0 aliphatic heterocycles. The molecule has 1 aromatic carbocycles. The summed E-state index contributed by atoms with van der Waals surface area (Å²) in [5.41, 5.74) is 14.6. The van der Waals surface area contributed by atoms with Gasteiger partial charge in [-0.15, -0.1) is 0 Å². The van der Waals surface area contributed by atoms with Crippen molar-refractivity contribution >= 4 is 32.5 Å². The van der Waals surface area contributed by atoms with Gasteiger partial charge in [0.25, 0.3) is 0 Å². The Morgan fingerprint density at radius 3 is 2.73 bits per heavy atom. The maximum absolute atomic E-state index is 5.96. The quantitative estimate of drug-likeness (QED) is 0.819. The summed E-state index contributed by atoms with van der Waals surface area (Å²) in [7, 11) is 2.02. The number of hydrogen-bond donors (Lipinski definition) is 2. The fourth-order valence-electron chi connectivity index (χ4n) is 1.96. The molecular weight excluding hydrogens is 254 g/mol. The number of aromatic nitrogens is 1. The average Bonchev–Trinajstić information content (AvgIpc) is 2.45. The molecule has 0 spiro atoms. The number of nitrogens with zero attached hydrogens (tertiary/aromatic N) is 1. The molecule has 0 radical (unpaired) electrons. The van der Waals surface area contributed by atoms with E-state index in [-0.39, 0.29) is 0 Å². The molecule has 4 heteroatoms. The summed E-state index contributed by atoms with van der Waals surface area (Å²) in [6.45, 7) is 0.642. The van der Waals surface area contributed by atoms with E-state index in [9.17, 15) is 0 Å². The lowest BCUT2D eigenvalue weighted by Gasteiger charge is -2.04. The van der Waals surface area contributed by atoms with Crippen molar-refractivity contribution in [1.82, 2.24) is 4.57 Å². The lowest BCUT2D eigenvalue weighted by Crippen LogP contribution is -2.07. The monoisotopic (exact) mass is 267 g/mol. The van der Waals surface area contributed by atoms with Gasteiger partial charge in [0, 0.05) is 29.0 Å². The van der Waals surface area contributed by atoms with Crippen LogP contribution in [-0.4, -0.2) is 11.1 Å². The van der Waals surface area contributed by atoms with Crippen molar-refractivity contribution in [3.05, 3.63) is 28.4 Å². The second kappa shape index (κ2) is 3.87. The van der Waals surface area contributed by atoms with Crippen LogP contribution >= 0.6 is 15.9 Å². The van der Waals surface area contributed by atoms with Crippen molar-refractivity contribution in [3.63, 3.8) is 0 Å². The normalized spacial score (nSPS) is 11.1. The van der Waals surface area contributed by atoms with Crippen molar-refractivity contribution in [2.45, 2.75) is 6.42 Å². The first-order chi connectivity index (χ1) is 7.16. The van der Waals surface area contributed by atoms with Gasteiger partial charge in [0.1, 0.15) is 0 Å². The van der Waals surface area contributed by atoms with Crippen molar-refractivity contribution in [2.75, 3.05) is 12.3 Å². The molecule has 1 heterocycles. The third kappa shape index (κ3) is 1.54. The molecule has 0 saturated heterocycles. The number of fused-ring (bicyclic) bond motifs is 1. The second-order valence-corrected chi connectivity index (χ2v) is 4.39. The molecule has 80 valence electrons. The SMILES string of the molecule is Cn1c(CCN)c(Br)c2cccc(N)c21. The van der Waals surface area contributed by atoms with E-state index in [4.69, 9.17) is 11.5 Å². The fraction of sp³-hybridized carbons (Fsp3) is 0.273. The highest BCUT2D eigenvalue weighted by Gasteiger charge is 2.13. The molecular formula is C11H14BrN3. The zero-order valence-corrected chi connectivity index (χ0v) is 10.2. The maximum atomic E-state index is 5.96. The minimum Gasteiger partial charge on any atom is -0.397 e. The van der Waals surface area contributed by atoms with Gasteiger partial charge in [-0.05, 0) is 28.5 Å². The summed E-state index contributed by atoms with van der Waals surface area (Å²) < 4.78 is 3.22. The maximum Gasteiger partial charge on any atom is 0.0725 e. The average molecular weight is 268 g/mol. The van der Waals surface area contributed by atoms with E-state index in [1.807, 2.05) is 19.2 Å². The van der Waals surface area contributed by atoms with E-state index in [0.29, 0.717) is 6.54 Å². The molecule has 0 unspecified atom stereocenters. The minimum absolute atomic E-state index is 0.642. The topological polar surface area (TPSA) is 57.0 Å². The summed E-state index contributed by atoms with van der Waals surface area (Å²) in [6, 6.07) is 5.95. The molecule has 3 nitrogen and oxygen atoms in total. The van der Waals surface area contributed by atoms with E-state index in [1.54, 1.807) is 0 Å². The van der Waals surface area contributed by atoms with Gasteiger partial charge in [-0.3, -0.25) is 0 Å². The zero-order chi connectivity index (χ0) is 11.0. The van der Waals surface area contributed by atoms with Crippen LogP contribution in [0.3, 0.4) is 0 Å². The van der Waals surface area contributed by atoms with Crippen LogP contribution in [0.1, 0.15) is 5.69 Å². The molecule has 15 heavy (non-hydrogen) atoms. The van der Waals surface area contributed by atoms with Crippen LogP contribution in [0.25, 0.3) is 10.9 Å². The Bertz CT molecular complexity index is 502. The Balaban J connectivity index is 2.79. The van der Waals surface area contributed by atoms with Crippen LogP contribution in [0, 0.1) is 0 Å². The number of benzene rings is 1. The van der Waals surface area contributed by atoms with Crippen LogP contribution in [0.5, 0.6) is 0 Å². The largest absolute Gasteiger partial charge is 0.397 e. The van der Waals surface area contributed by atoms with Crippen molar-refractivity contribution in [3.8, 4) is 0 Å². The standard InChI is InChI=1S/C11H14BrN3/c1-15-9(5-6-13)10(12)7-3-2-4-8(14)11(7)15/h2-4H,5-6,13-14H2,1H3. The first-order valence-electron chi connectivity index (χ1n) is 4.88. The van der Waals surface area contributed by atoms with Crippen LogP contribution in [0.2, 0.25) is 0 Å². The van der Waals surface area contributed by atoms with Crippen LogP contribution < -0.4 is 11.5 Å². The number of nitrogen functional groups attached to an aromatic ring is 1. The zero-order valence-electron chi connectivity index (χ0n) is 8.63. The summed E-state index contributed by atoms with van der Waals surface area (Å²) >= 11 is 3.61. The van der Waals surface area contributed by atoms with Gasteiger partial charge in [-0.1, -0.05) is 12.1 Å². The fourth-order valence-corrected chi connectivity index (χ4v) is 2.75. The van der Waals surface area contributed by atoms with Gasteiger partial charge in [0.2, 0.25) is 0 Å². The van der Waals surface area contributed by atoms with Gasteiger partial charge in [0.05, 0.1) is 11.2 Å². The highest BCUT2D eigenvalue weighted by Crippen LogP contribution is 2.33. The first kappa shape index (κ1) is 10.5. The van der Waals surface area contributed by atoms with E-state index in [0.717, 1.165) is 27.5 Å². The van der Waals surface area contributed by atoms with Gasteiger partial charge in [0.15, 0.2) is 0 Å². The van der Waals surface area contributed by atoms with Crippen LogP contribution in [0.15, 0.2) is 22.7 Å². The van der Waals surface area contributed by atoms with E-state index >= 15 is 0 Å². The Kier molecular flexibility index (Phi) is 2.71. The minimum atomic E-state index is 0.642. The van der Waals surface area contributed by atoms with Gasteiger partial charge < -0.3 is 16.0 Å². The number of aryl methyl sites for hydroxylation is 1. The molecule has 0 bridgehead atoms. The van der Waals surface area contributed by atoms with Gasteiger partial charge in [-0.25, -0.2) is 0 Å². The number of halogens is 1.